The van der Waals surface area contributed by atoms with E-state index in [0.29, 0.717) is 5.92 Å². The quantitative estimate of drug-likeness (QED) is 0.416. The Balaban J connectivity index is 2.91. The molecule has 0 aliphatic rings. The van der Waals surface area contributed by atoms with Gasteiger partial charge in [-0.2, -0.15) is 0 Å². The molecule has 0 aliphatic carbocycles. The van der Waals surface area contributed by atoms with E-state index in [4.69, 9.17) is 4.74 Å². The summed E-state index contributed by atoms with van der Waals surface area (Å²) in [4.78, 5) is 0. The molecule has 0 bridgehead atoms. The second kappa shape index (κ2) is 5.83. The van der Waals surface area contributed by atoms with Gasteiger partial charge in [0, 0.05) is 6.61 Å². The molecule has 0 atom stereocenters. The van der Waals surface area contributed by atoms with Crippen LogP contribution in [0.15, 0.2) is 12.2 Å². The molecule has 0 aromatic rings. The predicted molar refractivity (Wildman–Crippen MR) is 40.5 cm³/mol. The lowest BCUT2D eigenvalue weighted by Crippen LogP contribution is -2.00. The molecule has 9 heavy (non-hydrogen) atoms. The lowest BCUT2D eigenvalue weighted by molar-refractivity contribution is 0.135. The third-order valence-corrected chi connectivity index (χ3v) is 0.901. The van der Waals surface area contributed by atoms with Gasteiger partial charge >= 0.3 is 0 Å². The van der Waals surface area contributed by atoms with Crippen LogP contribution < -0.4 is 0 Å². The zero-order valence-electron chi connectivity index (χ0n) is 6.55. The highest BCUT2D eigenvalue weighted by Crippen LogP contribution is 1.91. The van der Waals surface area contributed by atoms with E-state index >= 15 is 0 Å². The number of ether oxygens (including phenoxy) is 1. The van der Waals surface area contributed by atoms with Crippen LogP contribution in [-0.2, 0) is 4.74 Å². The number of hydrogen-bond donors (Lipinski definition) is 0. The summed E-state index contributed by atoms with van der Waals surface area (Å²) in [5, 5.41) is 0. The minimum atomic E-state index is 0.648. The van der Waals surface area contributed by atoms with Crippen molar-refractivity contribution >= 4 is 0 Å². The van der Waals surface area contributed by atoms with E-state index in [1.54, 1.807) is 0 Å². The van der Waals surface area contributed by atoms with Gasteiger partial charge in [-0.1, -0.05) is 26.0 Å². The Bertz CT molecular complexity index is 74.6. The first kappa shape index (κ1) is 8.70. The summed E-state index contributed by atoms with van der Waals surface area (Å²) in [5.74, 6) is 0.648. The van der Waals surface area contributed by atoms with Crippen LogP contribution in [0.5, 0.6) is 0 Å². The third-order valence-electron chi connectivity index (χ3n) is 0.901. The van der Waals surface area contributed by atoms with Crippen LogP contribution in [0, 0.1) is 5.92 Å². The van der Waals surface area contributed by atoms with Crippen molar-refractivity contribution in [2.24, 2.45) is 5.92 Å². The fraction of sp³-hybridized carbons (Fsp3) is 0.750. The molecule has 0 amide bonds. The van der Waals surface area contributed by atoms with E-state index in [2.05, 4.69) is 13.8 Å². The van der Waals surface area contributed by atoms with Crippen LogP contribution in [-0.4, -0.2) is 13.2 Å². The summed E-state index contributed by atoms with van der Waals surface area (Å²) in [6.45, 7) is 7.92. The minimum absolute atomic E-state index is 0.648. The van der Waals surface area contributed by atoms with Gasteiger partial charge in [0.2, 0.25) is 0 Å². The van der Waals surface area contributed by atoms with Crippen LogP contribution >= 0.6 is 0 Å². The topological polar surface area (TPSA) is 9.23 Å². The highest BCUT2D eigenvalue weighted by Gasteiger charge is 1.89. The van der Waals surface area contributed by atoms with Crippen molar-refractivity contribution in [1.82, 2.24) is 0 Å². The highest BCUT2D eigenvalue weighted by molar-refractivity contribution is 4.75. The average molecular weight is 128 g/mol. The molecule has 54 valence electrons. The molecule has 0 radical (unpaired) electrons. The Kier molecular flexibility index (Phi) is 5.64. The molecule has 0 heterocycles. The lowest BCUT2D eigenvalue weighted by Gasteiger charge is -2.02. The van der Waals surface area contributed by atoms with Crippen LogP contribution in [0.25, 0.3) is 0 Å². The second-order valence-electron chi connectivity index (χ2n) is 2.50. The summed E-state index contributed by atoms with van der Waals surface area (Å²) in [7, 11) is 0. The monoisotopic (exact) mass is 128 g/mol. The van der Waals surface area contributed by atoms with Gasteiger partial charge in [0.05, 0.1) is 6.61 Å². The molecular weight excluding hydrogens is 112 g/mol. The fourth-order valence-electron chi connectivity index (χ4n) is 0.468. The molecule has 0 saturated carbocycles. The van der Waals surface area contributed by atoms with Gasteiger partial charge in [-0.05, 0) is 12.8 Å². The average Bonchev–Trinajstić information content (AvgIpc) is 1.80. The maximum atomic E-state index is 5.25. The smallest absolute Gasteiger partial charge is 0.0647 e. The Hall–Kier alpha value is -0.300. The summed E-state index contributed by atoms with van der Waals surface area (Å²) in [5.41, 5.74) is 0. The van der Waals surface area contributed by atoms with Crippen molar-refractivity contribution in [2.75, 3.05) is 13.2 Å². The molecule has 0 saturated heterocycles. The summed E-state index contributed by atoms with van der Waals surface area (Å²) < 4.78 is 5.25. The van der Waals surface area contributed by atoms with Gasteiger partial charge in [0.25, 0.3) is 0 Å². The Labute approximate surface area is 57.7 Å². The maximum Gasteiger partial charge on any atom is 0.0647 e. The lowest BCUT2D eigenvalue weighted by atomic mass is 10.2. The van der Waals surface area contributed by atoms with Crippen molar-refractivity contribution in [3.8, 4) is 0 Å². The molecular formula is C8H16O. The molecule has 0 rings (SSSR count). The van der Waals surface area contributed by atoms with E-state index in [1.807, 2.05) is 19.1 Å². The summed E-state index contributed by atoms with van der Waals surface area (Å²) in [6, 6.07) is 0. The van der Waals surface area contributed by atoms with Crippen molar-refractivity contribution in [3.63, 3.8) is 0 Å². The fourth-order valence-corrected chi connectivity index (χ4v) is 0.468. The van der Waals surface area contributed by atoms with Gasteiger partial charge < -0.3 is 4.74 Å². The van der Waals surface area contributed by atoms with Gasteiger partial charge in [0.1, 0.15) is 0 Å². The maximum absolute atomic E-state index is 5.25. The molecule has 1 heteroatoms. The first-order chi connectivity index (χ1) is 4.27. The molecule has 0 aromatic carbocycles. The van der Waals surface area contributed by atoms with Crippen molar-refractivity contribution in [2.45, 2.75) is 20.8 Å². The Morgan fingerprint density at radius 1 is 1.44 bits per heavy atom. The first-order valence-corrected chi connectivity index (χ1v) is 3.46. The molecule has 1 nitrogen and oxygen atoms in total. The van der Waals surface area contributed by atoms with Gasteiger partial charge in [-0.15, -0.1) is 0 Å². The van der Waals surface area contributed by atoms with E-state index < -0.39 is 0 Å². The highest BCUT2D eigenvalue weighted by atomic mass is 16.5. The normalized spacial score (nSPS) is 11.6. The molecule has 0 fully saturated rings. The van der Waals surface area contributed by atoms with E-state index in [-0.39, 0.29) is 0 Å². The van der Waals surface area contributed by atoms with Crippen LogP contribution in [0.3, 0.4) is 0 Å². The minimum Gasteiger partial charge on any atom is -0.377 e. The summed E-state index contributed by atoms with van der Waals surface area (Å²) >= 11 is 0. The number of allylic oxidation sites excluding steroid dienone is 1. The second-order valence-corrected chi connectivity index (χ2v) is 2.50. The number of rotatable bonds is 4. The van der Waals surface area contributed by atoms with Crippen LogP contribution in [0.2, 0.25) is 0 Å². The van der Waals surface area contributed by atoms with Crippen LogP contribution in [0.1, 0.15) is 20.8 Å². The Morgan fingerprint density at radius 3 is 2.56 bits per heavy atom. The van der Waals surface area contributed by atoms with Gasteiger partial charge in [-0.25, -0.2) is 0 Å². The third kappa shape index (κ3) is 7.70. The van der Waals surface area contributed by atoms with E-state index in [9.17, 15) is 0 Å². The Morgan fingerprint density at radius 2 is 2.11 bits per heavy atom. The predicted octanol–water partition coefficient (Wildman–Crippen LogP) is 2.24. The molecule has 0 aromatic heterocycles. The van der Waals surface area contributed by atoms with Crippen LogP contribution in [0.4, 0.5) is 0 Å². The molecule has 0 spiro atoms. The van der Waals surface area contributed by atoms with Crippen molar-refractivity contribution in [1.29, 1.82) is 0 Å². The SMILES string of the molecule is CC=CCOCC(C)C. The molecule has 0 aliphatic heterocycles. The van der Waals surface area contributed by atoms with Gasteiger partial charge in [0.15, 0.2) is 0 Å². The zero-order valence-corrected chi connectivity index (χ0v) is 6.55. The molecule has 0 N–H and O–H groups in total. The largest absolute Gasteiger partial charge is 0.377 e. The number of hydrogen-bond acceptors (Lipinski definition) is 1. The van der Waals surface area contributed by atoms with E-state index in [1.165, 1.54) is 0 Å². The van der Waals surface area contributed by atoms with Crippen molar-refractivity contribution < 1.29 is 4.74 Å². The molecule has 0 unspecified atom stereocenters. The van der Waals surface area contributed by atoms with E-state index in [0.717, 1.165) is 13.2 Å². The zero-order chi connectivity index (χ0) is 7.11. The first-order valence-electron chi connectivity index (χ1n) is 3.46. The van der Waals surface area contributed by atoms with Gasteiger partial charge in [-0.3, -0.25) is 0 Å². The summed E-state index contributed by atoms with van der Waals surface area (Å²) in [6.07, 6.45) is 4.02. The standard InChI is InChI=1S/C8H16O/c1-4-5-6-9-7-8(2)3/h4-5,8H,6-7H2,1-3H3. The van der Waals surface area contributed by atoms with Crippen molar-refractivity contribution in [3.05, 3.63) is 12.2 Å².